The molecule has 130 valence electrons. The Morgan fingerprint density at radius 3 is 2.48 bits per heavy atom. The van der Waals surface area contributed by atoms with E-state index in [0.29, 0.717) is 24.7 Å². The number of ether oxygens (including phenoxy) is 3. The van der Waals surface area contributed by atoms with Gasteiger partial charge in [0.1, 0.15) is 36.3 Å². The summed E-state index contributed by atoms with van der Waals surface area (Å²) < 4.78 is 30.1. The van der Waals surface area contributed by atoms with Crippen molar-refractivity contribution in [3.05, 3.63) is 78.5 Å². The maximum atomic E-state index is 13.1. The SMILES string of the molecule is CN1CC=CC=C1OCCOc1ccc(Oc2cccc(F)c2)cc1. The zero-order valence-corrected chi connectivity index (χ0v) is 14.0. The van der Waals surface area contributed by atoms with E-state index in [1.54, 1.807) is 24.3 Å². The fourth-order valence-electron chi connectivity index (χ4n) is 2.32. The molecule has 0 saturated heterocycles. The van der Waals surface area contributed by atoms with Crippen LogP contribution in [0.4, 0.5) is 4.39 Å². The number of allylic oxidation sites excluding steroid dienone is 2. The number of likely N-dealkylation sites (N-methyl/N-ethyl adjacent to an activating group) is 1. The van der Waals surface area contributed by atoms with Crippen molar-refractivity contribution in [2.24, 2.45) is 0 Å². The Bertz CT molecular complexity index is 756. The summed E-state index contributed by atoms with van der Waals surface area (Å²) in [6.45, 7) is 1.75. The van der Waals surface area contributed by atoms with E-state index in [0.717, 1.165) is 18.2 Å². The molecule has 0 bridgehead atoms. The molecular weight excluding hydrogens is 321 g/mol. The van der Waals surface area contributed by atoms with Gasteiger partial charge in [0.25, 0.3) is 0 Å². The topological polar surface area (TPSA) is 30.9 Å². The molecule has 0 atom stereocenters. The lowest BCUT2D eigenvalue weighted by Gasteiger charge is -2.23. The molecule has 4 nitrogen and oxygen atoms in total. The summed E-state index contributed by atoms with van der Waals surface area (Å²) in [5.74, 6) is 2.31. The van der Waals surface area contributed by atoms with Crippen LogP contribution in [0.3, 0.4) is 0 Å². The fourth-order valence-corrected chi connectivity index (χ4v) is 2.32. The minimum Gasteiger partial charge on any atom is -0.490 e. The van der Waals surface area contributed by atoms with Crippen molar-refractivity contribution >= 4 is 0 Å². The molecule has 0 aliphatic carbocycles. The second-order valence-electron chi connectivity index (χ2n) is 5.54. The van der Waals surface area contributed by atoms with Gasteiger partial charge in [-0.15, -0.1) is 0 Å². The zero-order valence-electron chi connectivity index (χ0n) is 14.0. The second kappa shape index (κ2) is 8.24. The number of benzene rings is 2. The molecule has 0 unspecified atom stereocenters. The van der Waals surface area contributed by atoms with Crippen LogP contribution in [0.2, 0.25) is 0 Å². The number of hydrogen-bond acceptors (Lipinski definition) is 4. The minimum atomic E-state index is -0.327. The summed E-state index contributed by atoms with van der Waals surface area (Å²) in [4.78, 5) is 2.03. The number of rotatable bonds is 7. The molecule has 3 rings (SSSR count). The predicted molar refractivity (Wildman–Crippen MR) is 94.2 cm³/mol. The Labute approximate surface area is 146 Å². The van der Waals surface area contributed by atoms with Gasteiger partial charge in [-0.3, -0.25) is 0 Å². The highest BCUT2D eigenvalue weighted by Crippen LogP contribution is 2.24. The summed E-state index contributed by atoms with van der Waals surface area (Å²) in [5.41, 5.74) is 0. The molecule has 0 aromatic heterocycles. The molecule has 0 amide bonds. The first-order valence-corrected chi connectivity index (χ1v) is 8.08. The molecule has 1 aliphatic rings. The highest BCUT2D eigenvalue weighted by Gasteiger charge is 2.06. The standard InChI is InChI=1S/C20H20FNO3/c1-22-12-3-2-7-20(22)24-14-13-23-17-8-10-18(11-9-17)25-19-6-4-5-16(21)15-19/h2-11,15H,12-14H2,1H3. The van der Waals surface area contributed by atoms with Gasteiger partial charge in [-0.05, 0) is 42.5 Å². The van der Waals surface area contributed by atoms with E-state index in [9.17, 15) is 4.39 Å². The van der Waals surface area contributed by atoms with Crippen molar-refractivity contribution in [1.29, 1.82) is 0 Å². The monoisotopic (exact) mass is 341 g/mol. The molecule has 5 heteroatoms. The quantitative estimate of drug-likeness (QED) is 0.700. The van der Waals surface area contributed by atoms with Gasteiger partial charge in [-0.25, -0.2) is 4.39 Å². The molecular formula is C20H20FNO3. The first-order valence-electron chi connectivity index (χ1n) is 8.08. The van der Waals surface area contributed by atoms with Crippen LogP contribution in [0, 0.1) is 5.82 Å². The van der Waals surface area contributed by atoms with Gasteiger partial charge in [0.15, 0.2) is 5.88 Å². The molecule has 0 radical (unpaired) electrons. The van der Waals surface area contributed by atoms with Crippen molar-refractivity contribution in [3.8, 4) is 17.2 Å². The summed E-state index contributed by atoms with van der Waals surface area (Å²) >= 11 is 0. The summed E-state index contributed by atoms with van der Waals surface area (Å²) in [6.07, 6.45) is 5.98. The average molecular weight is 341 g/mol. The Kier molecular flexibility index (Phi) is 5.57. The van der Waals surface area contributed by atoms with Crippen LogP contribution in [0.15, 0.2) is 72.6 Å². The fraction of sp³-hybridized carbons (Fsp3) is 0.200. The maximum Gasteiger partial charge on any atom is 0.189 e. The molecule has 0 spiro atoms. The predicted octanol–water partition coefficient (Wildman–Crippen LogP) is 4.36. The molecule has 0 saturated carbocycles. The van der Waals surface area contributed by atoms with Crippen LogP contribution in [-0.4, -0.2) is 31.7 Å². The minimum absolute atomic E-state index is 0.327. The largest absolute Gasteiger partial charge is 0.490 e. The Hall–Kier alpha value is -2.95. The van der Waals surface area contributed by atoms with Gasteiger partial charge in [0, 0.05) is 19.7 Å². The first-order chi connectivity index (χ1) is 12.2. The Balaban J connectivity index is 1.45. The van der Waals surface area contributed by atoms with Crippen LogP contribution in [0.5, 0.6) is 17.2 Å². The lowest BCUT2D eigenvalue weighted by molar-refractivity contribution is 0.103. The number of hydrogen-bond donors (Lipinski definition) is 0. The van der Waals surface area contributed by atoms with Crippen molar-refractivity contribution in [1.82, 2.24) is 4.90 Å². The van der Waals surface area contributed by atoms with Crippen molar-refractivity contribution in [2.45, 2.75) is 0 Å². The summed E-state index contributed by atoms with van der Waals surface area (Å²) in [5, 5.41) is 0. The smallest absolute Gasteiger partial charge is 0.189 e. The van der Waals surface area contributed by atoms with E-state index < -0.39 is 0 Å². The lowest BCUT2D eigenvalue weighted by atomic mass is 10.3. The first kappa shape index (κ1) is 16.9. The zero-order chi connectivity index (χ0) is 17.5. The molecule has 1 heterocycles. The Morgan fingerprint density at radius 2 is 1.72 bits per heavy atom. The van der Waals surface area contributed by atoms with Gasteiger partial charge in [0.2, 0.25) is 0 Å². The molecule has 2 aromatic rings. The molecule has 0 N–H and O–H groups in total. The van der Waals surface area contributed by atoms with Gasteiger partial charge in [-0.2, -0.15) is 0 Å². The van der Waals surface area contributed by atoms with Gasteiger partial charge in [0.05, 0.1) is 0 Å². The number of nitrogens with zero attached hydrogens (tertiary/aromatic N) is 1. The van der Waals surface area contributed by atoms with Crippen molar-refractivity contribution < 1.29 is 18.6 Å². The second-order valence-corrected chi connectivity index (χ2v) is 5.54. The van der Waals surface area contributed by atoms with Gasteiger partial charge in [-0.1, -0.05) is 18.2 Å². The normalized spacial score (nSPS) is 13.4. The number of halogens is 1. The van der Waals surface area contributed by atoms with E-state index in [1.807, 2.05) is 36.2 Å². The highest BCUT2D eigenvalue weighted by molar-refractivity contribution is 5.35. The highest BCUT2D eigenvalue weighted by atomic mass is 19.1. The molecule has 25 heavy (non-hydrogen) atoms. The van der Waals surface area contributed by atoms with Crippen LogP contribution < -0.4 is 9.47 Å². The van der Waals surface area contributed by atoms with E-state index in [4.69, 9.17) is 14.2 Å². The Morgan fingerprint density at radius 1 is 0.960 bits per heavy atom. The maximum absolute atomic E-state index is 13.1. The van der Waals surface area contributed by atoms with E-state index in [1.165, 1.54) is 12.1 Å². The van der Waals surface area contributed by atoms with Gasteiger partial charge >= 0.3 is 0 Å². The van der Waals surface area contributed by atoms with E-state index >= 15 is 0 Å². The van der Waals surface area contributed by atoms with Crippen molar-refractivity contribution in [3.63, 3.8) is 0 Å². The third kappa shape index (κ3) is 5.01. The van der Waals surface area contributed by atoms with Crippen LogP contribution in [0.1, 0.15) is 0 Å². The van der Waals surface area contributed by atoms with Crippen LogP contribution >= 0.6 is 0 Å². The lowest BCUT2D eigenvalue weighted by Crippen LogP contribution is -2.23. The molecule has 2 aromatic carbocycles. The average Bonchev–Trinajstić information content (AvgIpc) is 2.61. The van der Waals surface area contributed by atoms with E-state index in [2.05, 4.69) is 6.08 Å². The third-order valence-electron chi connectivity index (χ3n) is 3.59. The summed E-state index contributed by atoms with van der Waals surface area (Å²) in [7, 11) is 1.98. The molecule has 0 fully saturated rings. The van der Waals surface area contributed by atoms with Crippen molar-refractivity contribution in [2.75, 3.05) is 26.8 Å². The van der Waals surface area contributed by atoms with Crippen LogP contribution in [0.25, 0.3) is 0 Å². The van der Waals surface area contributed by atoms with Gasteiger partial charge < -0.3 is 19.1 Å². The van der Waals surface area contributed by atoms with E-state index in [-0.39, 0.29) is 5.82 Å². The summed E-state index contributed by atoms with van der Waals surface area (Å²) in [6, 6.07) is 13.2. The third-order valence-corrected chi connectivity index (χ3v) is 3.59. The molecule has 1 aliphatic heterocycles. The van der Waals surface area contributed by atoms with Crippen LogP contribution in [-0.2, 0) is 4.74 Å².